The molecule has 3 heterocycles. The van der Waals surface area contributed by atoms with E-state index in [1.165, 1.54) is 0 Å². The third-order valence-electron chi connectivity index (χ3n) is 5.21. The normalized spacial score (nSPS) is 19.0. The average molecular weight is 339 g/mol. The lowest BCUT2D eigenvalue weighted by Gasteiger charge is -2.21. The highest BCUT2D eigenvalue weighted by atomic mass is 16.5. The lowest BCUT2D eigenvalue weighted by molar-refractivity contribution is -0.136. The molecule has 0 aliphatic carbocycles. The predicted molar refractivity (Wildman–Crippen MR) is 92.2 cm³/mol. The van der Waals surface area contributed by atoms with E-state index in [9.17, 15) is 9.59 Å². The molecule has 2 aliphatic heterocycles. The smallest absolute Gasteiger partial charge is 0.258 e. The molecule has 1 atom stereocenters. The third-order valence-corrected chi connectivity index (χ3v) is 5.21. The summed E-state index contributed by atoms with van der Waals surface area (Å²) in [5.41, 5.74) is 2.40. The monoisotopic (exact) mass is 339 g/mol. The minimum absolute atomic E-state index is 0.0488. The minimum atomic E-state index is -0.122. The Labute approximate surface area is 146 Å². The first-order valence-corrected chi connectivity index (χ1v) is 8.59. The zero-order valence-corrected chi connectivity index (χ0v) is 14.5. The highest BCUT2D eigenvalue weighted by Gasteiger charge is 2.33. The van der Waals surface area contributed by atoms with Crippen LogP contribution in [0, 0.1) is 12.8 Å². The number of benzene rings is 1. The maximum absolute atomic E-state index is 13.0. The molecule has 0 saturated carbocycles. The van der Waals surface area contributed by atoms with E-state index in [2.05, 4.69) is 4.98 Å². The standard InChI is InChI=1S/C19H21N3O3/c1-12-20-16-11-22(10-15(16)19(24)21(12)2)18(23)14-7-8-25-17-6-4-3-5-13(17)9-14/h3-6,14H,7-11H2,1-2H3/t14-/m0/s1. The summed E-state index contributed by atoms with van der Waals surface area (Å²) in [7, 11) is 1.72. The summed E-state index contributed by atoms with van der Waals surface area (Å²) < 4.78 is 7.31. The van der Waals surface area contributed by atoms with Crippen molar-refractivity contribution in [2.45, 2.75) is 32.9 Å². The summed E-state index contributed by atoms with van der Waals surface area (Å²) in [5, 5.41) is 0. The van der Waals surface area contributed by atoms with Crippen molar-refractivity contribution in [3.63, 3.8) is 0 Å². The van der Waals surface area contributed by atoms with E-state index in [1.54, 1.807) is 16.5 Å². The summed E-state index contributed by atoms with van der Waals surface area (Å²) >= 11 is 0. The van der Waals surface area contributed by atoms with Crippen LogP contribution in [0.5, 0.6) is 5.75 Å². The molecule has 2 aromatic rings. The predicted octanol–water partition coefficient (Wildman–Crippen LogP) is 1.57. The molecule has 0 N–H and O–H groups in total. The van der Waals surface area contributed by atoms with Gasteiger partial charge in [0.1, 0.15) is 11.6 Å². The van der Waals surface area contributed by atoms with E-state index in [1.807, 2.05) is 31.2 Å². The molecule has 6 nitrogen and oxygen atoms in total. The van der Waals surface area contributed by atoms with Gasteiger partial charge in [-0.25, -0.2) is 4.98 Å². The molecule has 0 spiro atoms. The lowest BCUT2D eigenvalue weighted by atomic mass is 9.95. The molecule has 6 heteroatoms. The molecular weight excluding hydrogens is 318 g/mol. The molecule has 0 saturated heterocycles. The summed E-state index contributed by atoms with van der Waals surface area (Å²) in [5.74, 6) is 1.50. The molecule has 4 rings (SSSR count). The number of rotatable bonds is 1. The van der Waals surface area contributed by atoms with Gasteiger partial charge in [-0.1, -0.05) is 18.2 Å². The van der Waals surface area contributed by atoms with Gasteiger partial charge in [0.15, 0.2) is 0 Å². The van der Waals surface area contributed by atoms with Crippen molar-refractivity contribution < 1.29 is 9.53 Å². The molecule has 1 aromatic heterocycles. The molecule has 0 radical (unpaired) electrons. The topological polar surface area (TPSA) is 64.4 Å². The van der Waals surface area contributed by atoms with Crippen molar-refractivity contribution in [3.05, 3.63) is 57.3 Å². The highest BCUT2D eigenvalue weighted by molar-refractivity contribution is 5.80. The van der Waals surface area contributed by atoms with E-state index in [0.29, 0.717) is 43.9 Å². The third kappa shape index (κ3) is 2.71. The average Bonchev–Trinajstić information content (AvgIpc) is 2.91. The fourth-order valence-electron chi connectivity index (χ4n) is 3.64. The number of fused-ring (bicyclic) bond motifs is 2. The minimum Gasteiger partial charge on any atom is -0.493 e. The second-order valence-electron chi connectivity index (χ2n) is 6.79. The van der Waals surface area contributed by atoms with Crippen LogP contribution in [-0.2, 0) is 31.4 Å². The summed E-state index contributed by atoms with van der Waals surface area (Å²) in [6, 6.07) is 7.88. The van der Waals surface area contributed by atoms with Gasteiger partial charge in [0.05, 0.1) is 31.0 Å². The Bertz CT molecular complexity index is 903. The van der Waals surface area contributed by atoms with Crippen LogP contribution in [0.3, 0.4) is 0 Å². The number of ether oxygens (including phenoxy) is 1. The fraction of sp³-hybridized carbons (Fsp3) is 0.421. The fourth-order valence-corrected chi connectivity index (χ4v) is 3.64. The molecule has 2 aliphatic rings. The van der Waals surface area contributed by atoms with Crippen LogP contribution in [0.15, 0.2) is 29.1 Å². The van der Waals surface area contributed by atoms with Gasteiger partial charge in [-0.3, -0.25) is 14.2 Å². The maximum Gasteiger partial charge on any atom is 0.258 e. The van der Waals surface area contributed by atoms with Crippen molar-refractivity contribution in [2.24, 2.45) is 13.0 Å². The van der Waals surface area contributed by atoms with Crippen molar-refractivity contribution in [3.8, 4) is 5.75 Å². The first kappa shape index (κ1) is 15.9. The molecule has 1 aromatic carbocycles. The first-order valence-electron chi connectivity index (χ1n) is 8.59. The number of carbonyl (C=O) groups is 1. The van der Waals surface area contributed by atoms with Crippen molar-refractivity contribution in [2.75, 3.05) is 6.61 Å². The Morgan fingerprint density at radius 1 is 1.28 bits per heavy atom. The number of hydrogen-bond donors (Lipinski definition) is 0. The van der Waals surface area contributed by atoms with Crippen molar-refractivity contribution in [1.82, 2.24) is 14.5 Å². The van der Waals surface area contributed by atoms with Crippen molar-refractivity contribution >= 4 is 5.91 Å². The zero-order valence-electron chi connectivity index (χ0n) is 14.5. The number of para-hydroxylation sites is 1. The van der Waals surface area contributed by atoms with E-state index in [4.69, 9.17) is 4.74 Å². The molecular formula is C19H21N3O3. The Hall–Kier alpha value is -2.63. The number of amides is 1. The zero-order chi connectivity index (χ0) is 17.6. The van der Waals surface area contributed by atoms with E-state index >= 15 is 0 Å². The SMILES string of the molecule is Cc1nc2c(c(=O)n1C)CN(C(=O)[C@H]1CCOc3ccccc3C1)C2. The summed E-state index contributed by atoms with van der Waals surface area (Å²) in [6.45, 7) is 3.12. The summed E-state index contributed by atoms with van der Waals surface area (Å²) in [6.07, 6.45) is 1.36. The number of aryl methyl sites for hydroxylation is 1. The molecule has 0 unspecified atom stereocenters. The van der Waals surface area contributed by atoms with Crippen LogP contribution in [0.1, 0.15) is 29.1 Å². The second-order valence-corrected chi connectivity index (χ2v) is 6.79. The maximum atomic E-state index is 13.0. The van der Waals surface area contributed by atoms with Crippen LogP contribution >= 0.6 is 0 Å². The van der Waals surface area contributed by atoms with Crippen molar-refractivity contribution in [1.29, 1.82) is 0 Å². The largest absolute Gasteiger partial charge is 0.493 e. The van der Waals surface area contributed by atoms with Gasteiger partial charge in [-0.2, -0.15) is 0 Å². The number of carbonyl (C=O) groups excluding carboxylic acids is 1. The Kier molecular flexibility index (Phi) is 3.82. The number of aromatic nitrogens is 2. The highest BCUT2D eigenvalue weighted by Crippen LogP contribution is 2.29. The first-order chi connectivity index (χ1) is 12.0. The van der Waals surface area contributed by atoms with Crippen LogP contribution < -0.4 is 10.3 Å². The van der Waals surface area contributed by atoms with Crippen LogP contribution in [0.25, 0.3) is 0 Å². The number of hydrogen-bond acceptors (Lipinski definition) is 4. The Morgan fingerprint density at radius 2 is 2.08 bits per heavy atom. The van der Waals surface area contributed by atoms with Crippen LogP contribution in [-0.4, -0.2) is 27.0 Å². The van der Waals surface area contributed by atoms with E-state index in [0.717, 1.165) is 17.0 Å². The van der Waals surface area contributed by atoms with E-state index in [-0.39, 0.29) is 17.4 Å². The van der Waals surface area contributed by atoms with Crippen LogP contribution in [0.4, 0.5) is 0 Å². The molecule has 25 heavy (non-hydrogen) atoms. The Balaban J connectivity index is 1.57. The molecule has 0 fully saturated rings. The van der Waals surface area contributed by atoms with Gasteiger partial charge in [-0.15, -0.1) is 0 Å². The van der Waals surface area contributed by atoms with Gasteiger partial charge >= 0.3 is 0 Å². The van der Waals surface area contributed by atoms with E-state index < -0.39 is 0 Å². The second kappa shape index (κ2) is 6.02. The van der Waals surface area contributed by atoms with Crippen LogP contribution in [0.2, 0.25) is 0 Å². The van der Waals surface area contributed by atoms with Gasteiger partial charge in [-0.05, 0) is 31.4 Å². The lowest BCUT2D eigenvalue weighted by Crippen LogP contribution is -2.34. The van der Waals surface area contributed by atoms with Gasteiger partial charge in [0.2, 0.25) is 5.91 Å². The Morgan fingerprint density at radius 3 is 2.92 bits per heavy atom. The van der Waals surface area contributed by atoms with Gasteiger partial charge in [0, 0.05) is 13.0 Å². The summed E-state index contributed by atoms with van der Waals surface area (Å²) in [4.78, 5) is 31.7. The molecule has 0 bridgehead atoms. The molecule has 1 amide bonds. The quantitative estimate of drug-likeness (QED) is 0.791. The molecule has 130 valence electrons. The van der Waals surface area contributed by atoms with Gasteiger partial charge < -0.3 is 9.64 Å². The van der Waals surface area contributed by atoms with Gasteiger partial charge in [0.25, 0.3) is 5.56 Å². The number of nitrogens with zero attached hydrogens (tertiary/aromatic N) is 3.